The summed E-state index contributed by atoms with van der Waals surface area (Å²) in [6, 6.07) is 18.8. The topological polar surface area (TPSA) is 78.9 Å². The highest BCUT2D eigenvalue weighted by Crippen LogP contribution is 2.26. The number of benzene rings is 2. The Labute approximate surface area is 170 Å². The predicted molar refractivity (Wildman–Crippen MR) is 114 cm³/mol. The fourth-order valence-electron chi connectivity index (χ4n) is 3.48. The lowest BCUT2D eigenvalue weighted by molar-refractivity contribution is 0.0181. The molecule has 0 amide bonds. The number of fused-ring (bicyclic) bond motifs is 1. The van der Waals surface area contributed by atoms with Gasteiger partial charge in [-0.1, -0.05) is 60.2 Å². The molecule has 0 aliphatic heterocycles. The minimum atomic E-state index is -0.0647. The third-order valence-corrected chi connectivity index (χ3v) is 5.21. The number of nitrogens with two attached hydrogens (primary N) is 1. The molecule has 2 heterocycles. The van der Waals surface area contributed by atoms with Crippen LogP contribution in [0.3, 0.4) is 0 Å². The van der Waals surface area contributed by atoms with E-state index in [1.807, 2.05) is 18.2 Å². The molecule has 2 aromatic heterocycles. The van der Waals surface area contributed by atoms with Gasteiger partial charge in [0.05, 0.1) is 25.1 Å². The minimum Gasteiger partial charge on any atom is -0.382 e. The second-order valence-corrected chi connectivity index (χ2v) is 7.34. The number of aromatic nitrogens is 4. The first-order valence-electron chi connectivity index (χ1n) is 9.76. The Bertz CT molecular complexity index is 1080. The molecule has 0 fully saturated rings. The Kier molecular flexibility index (Phi) is 5.53. The maximum Gasteiger partial charge on any atom is 0.165 e. The Balaban J connectivity index is 1.64. The number of rotatable bonds is 7. The molecule has 0 unspecified atom stereocenters. The van der Waals surface area contributed by atoms with Gasteiger partial charge >= 0.3 is 0 Å². The standard InChI is InChI=1S/C23H25N5O/c1-16-8-10-18(11-9-16)12-20(17(2)29-13-19-6-4-3-5-7-19)28-15-27-21-22(24)25-14-26-23(21)28/h3-11,14-15,17,20H,12-13H2,1-2H3,(H2,24,25,26)/t17-,20+/m0/s1. The maximum absolute atomic E-state index is 6.27. The molecule has 6 nitrogen and oxygen atoms in total. The zero-order chi connectivity index (χ0) is 20.2. The van der Waals surface area contributed by atoms with E-state index in [2.05, 4.69) is 69.8 Å². The lowest BCUT2D eigenvalue weighted by atomic mass is 10.0. The van der Waals surface area contributed by atoms with E-state index in [1.54, 1.807) is 6.33 Å². The molecular formula is C23H25N5O. The summed E-state index contributed by atoms with van der Waals surface area (Å²) in [4.78, 5) is 12.9. The van der Waals surface area contributed by atoms with Crippen molar-refractivity contribution in [3.63, 3.8) is 0 Å². The SMILES string of the molecule is Cc1ccc(C[C@H]([C@H](C)OCc2ccccc2)n2cnc3c(N)ncnc32)cc1. The number of ether oxygens (including phenoxy) is 1. The first-order chi connectivity index (χ1) is 14.1. The van der Waals surface area contributed by atoms with Crippen molar-refractivity contribution in [3.05, 3.63) is 83.9 Å². The van der Waals surface area contributed by atoms with Crippen molar-refractivity contribution in [2.75, 3.05) is 5.73 Å². The number of aryl methyl sites for hydroxylation is 1. The monoisotopic (exact) mass is 387 g/mol. The number of anilines is 1. The molecule has 2 atom stereocenters. The fourth-order valence-corrected chi connectivity index (χ4v) is 3.48. The largest absolute Gasteiger partial charge is 0.382 e. The summed E-state index contributed by atoms with van der Waals surface area (Å²) in [5.41, 5.74) is 11.0. The van der Waals surface area contributed by atoms with Crippen LogP contribution in [-0.4, -0.2) is 25.6 Å². The van der Waals surface area contributed by atoms with E-state index in [1.165, 1.54) is 17.5 Å². The summed E-state index contributed by atoms with van der Waals surface area (Å²) in [6.45, 7) is 4.74. The highest BCUT2D eigenvalue weighted by molar-refractivity contribution is 5.81. The van der Waals surface area contributed by atoms with Crippen molar-refractivity contribution in [1.29, 1.82) is 0 Å². The van der Waals surface area contributed by atoms with Crippen LogP contribution in [0.25, 0.3) is 11.2 Å². The molecule has 4 rings (SSSR count). The Morgan fingerprint density at radius 2 is 1.72 bits per heavy atom. The summed E-state index contributed by atoms with van der Waals surface area (Å²) in [5, 5.41) is 0. The van der Waals surface area contributed by atoms with Crippen molar-refractivity contribution in [2.24, 2.45) is 0 Å². The van der Waals surface area contributed by atoms with Crippen LogP contribution in [0.1, 0.15) is 29.7 Å². The van der Waals surface area contributed by atoms with Crippen LogP contribution >= 0.6 is 0 Å². The molecule has 148 valence electrons. The summed E-state index contributed by atoms with van der Waals surface area (Å²) in [6.07, 6.45) is 4.00. The quantitative estimate of drug-likeness (QED) is 0.516. The van der Waals surface area contributed by atoms with Gasteiger partial charge in [0.15, 0.2) is 11.5 Å². The molecule has 2 aromatic carbocycles. The van der Waals surface area contributed by atoms with Gasteiger partial charge in [-0.25, -0.2) is 15.0 Å². The van der Waals surface area contributed by atoms with Crippen LogP contribution < -0.4 is 5.73 Å². The zero-order valence-electron chi connectivity index (χ0n) is 16.7. The zero-order valence-corrected chi connectivity index (χ0v) is 16.7. The third kappa shape index (κ3) is 4.27. The normalized spacial score (nSPS) is 13.4. The van der Waals surface area contributed by atoms with Crippen LogP contribution in [0.4, 0.5) is 5.82 Å². The lowest BCUT2D eigenvalue weighted by Gasteiger charge is -2.26. The summed E-state index contributed by atoms with van der Waals surface area (Å²) < 4.78 is 8.32. The molecule has 0 spiro atoms. The van der Waals surface area contributed by atoms with Gasteiger partial charge in [0, 0.05) is 0 Å². The second kappa shape index (κ2) is 8.41. The van der Waals surface area contributed by atoms with E-state index >= 15 is 0 Å². The summed E-state index contributed by atoms with van der Waals surface area (Å²) >= 11 is 0. The molecule has 0 bridgehead atoms. The van der Waals surface area contributed by atoms with Crippen LogP contribution in [0.15, 0.2) is 67.3 Å². The van der Waals surface area contributed by atoms with Crippen molar-refractivity contribution >= 4 is 17.0 Å². The van der Waals surface area contributed by atoms with Crippen LogP contribution in [-0.2, 0) is 17.8 Å². The Hall–Kier alpha value is -3.25. The molecule has 29 heavy (non-hydrogen) atoms. The highest BCUT2D eigenvalue weighted by Gasteiger charge is 2.24. The van der Waals surface area contributed by atoms with E-state index in [0.717, 1.165) is 17.6 Å². The lowest BCUT2D eigenvalue weighted by Crippen LogP contribution is -2.26. The van der Waals surface area contributed by atoms with Crippen molar-refractivity contribution < 1.29 is 4.74 Å². The van der Waals surface area contributed by atoms with Crippen molar-refractivity contribution in [1.82, 2.24) is 19.5 Å². The molecule has 6 heteroatoms. The van der Waals surface area contributed by atoms with Gasteiger partial charge in [-0.3, -0.25) is 0 Å². The molecule has 0 saturated carbocycles. The molecule has 0 aliphatic rings. The average molecular weight is 387 g/mol. The number of hydrogen-bond donors (Lipinski definition) is 1. The van der Waals surface area contributed by atoms with E-state index < -0.39 is 0 Å². The van der Waals surface area contributed by atoms with Gasteiger partial charge in [0.1, 0.15) is 11.8 Å². The Morgan fingerprint density at radius 3 is 2.48 bits per heavy atom. The van der Waals surface area contributed by atoms with E-state index in [-0.39, 0.29) is 12.1 Å². The first-order valence-corrected chi connectivity index (χ1v) is 9.76. The first kappa shape index (κ1) is 19.1. The van der Waals surface area contributed by atoms with Gasteiger partial charge in [-0.15, -0.1) is 0 Å². The molecule has 4 aromatic rings. The van der Waals surface area contributed by atoms with E-state index in [9.17, 15) is 0 Å². The van der Waals surface area contributed by atoms with Gasteiger partial charge in [-0.2, -0.15) is 0 Å². The molecule has 2 N–H and O–H groups in total. The van der Waals surface area contributed by atoms with Crippen LogP contribution in [0.2, 0.25) is 0 Å². The minimum absolute atomic E-state index is 0.0146. The predicted octanol–water partition coefficient (Wildman–Crippen LogP) is 4.11. The average Bonchev–Trinajstić information content (AvgIpc) is 3.17. The van der Waals surface area contributed by atoms with Crippen LogP contribution in [0, 0.1) is 6.92 Å². The molecule has 0 aliphatic carbocycles. The van der Waals surface area contributed by atoms with Gasteiger partial charge in [0.25, 0.3) is 0 Å². The molecule has 0 radical (unpaired) electrons. The van der Waals surface area contributed by atoms with Gasteiger partial charge < -0.3 is 15.0 Å². The number of nitrogens with zero attached hydrogens (tertiary/aromatic N) is 4. The van der Waals surface area contributed by atoms with Crippen LogP contribution in [0.5, 0.6) is 0 Å². The highest BCUT2D eigenvalue weighted by atomic mass is 16.5. The van der Waals surface area contributed by atoms with Gasteiger partial charge in [-0.05, 0) is 31.4 Å². The molecular weight excluding hydrogens is 362 g/mol. The third-order valence-electron chi connectivity index (χ3n) is 5.21. The van der Waals surface area contributed by atoms with Crippen molar-refractivity contribution in [3.8, 4) is 0 Å². The smallest absolute Gasteiger partial charge is 0.165 e. The molecule has 0 saturated heterocycles. The number of imidazole rings is 1. The number of nitrogen functional groups attached to an aromatic ring is 1. The number of hydrogen-bond acceptors (Lipinski definition) is 5. The summed E-state index contributed by atoms with van der Waals surface area (Å²) in [7, 11) is 0. The van der Waals surface area contributed by atoms with E-state index in [4.69, 9.17) is 10.5 Å². The fraction of sp³-hybridized carbons (Fsp3) is 0.261. The second-order valence-electron chi connectivity index (χ2n) is 7.34. The Morgan fingerprint density at radius 1 is 0.966 bits per heavy atom. The van der Waals surface area contributed by atoms with Gasteiger partial charge in [0.2, 0.25) is 0 Å². The van der Waals surface area contributed by atoms with Crippen molar-refractivity contribution in [2.45, 2.75) is 39.0 Å². The maximum atomic E-state index is 6.27. The summed E-state index contributed by atoms with van der Waals surface area (Å²) in [5.74, 6) is 0.390. The van der Waals surface area contributed by atoms with E-state index in [0.29, 0.717) is 17.9 Å².